The van der Waals surface area contributed by atoms with Crippen LogP contribution in [0.25, 0.3) is 0 Å². The van der Waals surface area contributed by atoms with Gasteiger partial charge in [0.1, 0.15) is 0 Å². The third-order valence-corrected chi connectivity index (χ3v) is 0.957. The van der Waals surface area contributed by atoms with Gasteiger partial charge < -0.3 is 4.74 Å². The molecule has 10 heteroatoms. The van der Waals surface area contributed by atoms with Gasteiger partial charge in [-0.3, -0.25) is 0 Å². The summed E-state index contributed by atoms with van der Waals surface area (Å²) in [5.41, 5.74) is 0. The van der Waals surface area contributed by atoms with Crippen LogP contribution < -0.4 is 0 Å². The van der Waals surface area contributed by atoms with Gasteiger partial charge in [-0.25, -0.2) is 4.39 Å². The SMILES string of the molecule is FC(F)=C(F)OC(F)(F)C(F)C(F)(F)F. The van der Waals surface area contributed by atoms with Crippen LogP contribution in [-0.2, 0) is 4.74 Å². The van der Waals surface area contributed by atoms with Crippen molar-refractivity contribution >= 4 is 0 Å². The molecule has 0 aromatic heterocycles. The van der Waals surface area contributed by atoms with Crippen LogP contribution in [0.2, 0.25) is 0 Å². The van der Waals surface area contributed by atoms with Gasteiger partial charge in [-0.1, -0.05) is 0 Å². The normalized spacial score (nSPS) is 14.7. The van der Waals surface area contributed by atoms with Crippen LogP contribution in [0, 0.1) is 0 Å². The summed E-state index contributed by atoms with van der Waals surface area (Å²) < 4.78 is 106. The van der Waals surface area contributed by atoms with Crippen LogP contribution in [0.15, 0.2) is 12.1 Å². The maximum atomic E-state index is 12.0. The van der Waals surface area contributed by atoms with E-state index in [1.807, 2.05) is 0 Å². The third-order valence-electron chi connectivity index (χ3n) is 0.957. The van der Waals surface area contributed by atoms with E-state index in [2.05, 4.69) is 4.74 Å². The molecule has 0 bridgehead atoms. The van der Waals surface area contributed by atoms with E-state index in [1.165, 1.54) is 0 Å². The van der Waals surface area contributed by atoms with E-state index in [1.54, 1.807) is 0 Å². The zero-order chi connectivity index (χ0) is 12.4. The van der Waals surface area contributed by atoms with E-state index in [0.29, 0.717) is 0 Å². The average Bonchev–Trinajstić information content (AvgIpc) is 2.00. The molecule has 90 valence electrons. The van der Waals surface area contributed by atoms with E-state index in [4.69, 9.17) is 0 Å². The first-order valence-corrected chi connectivity index (χ1v) is 2.97. The van der Waals surface area contributed by atoms with E-state index in [-0.39, 0.29) is 0 Å². The lowest BCUT2D eigenvalue weighted by Crippen LogP contribution is -2.43. The van der Waals surface area contributed by atoms with Crippen LogP contribution in [0.5, 0.6) is 0 Å². The summed E-state index contributed by atoms with van der Waals surface area (Å²) in [5, 5.41) is 0. The average molecular weight is 248 g/mol. The maximum absolute atomic E-state index is 12.0. The summed E-state index contributed by atoms with van der Waals surface area (Å²) in [4.78, 5) is 0. The summed E-state index contributed by atoms with van der Waals surface area (Å²) in [6.07, 6.45) is -20.2. The van der Waals surface area contributed by atoms with Crippen molar-refractivity contribution in [2.24, 2.45) is 0 Å². The molecule has 0 heterocycles. The highest BCUT2D eigenvalue weighted by molar-refractivity contribution is 4.85. The summed E-state index contributed by atoms with van der Waals surface area (Å²) in [7, 11) is 0. The molecule has 1 atom stereocenters. The highest BCUT2D eigenvalue weighted by atomic mass is 19.4. The maximum Gasteiger partial charge on any atom is 0.441 e. The van der Waals surface area contributed by atoms with E-state index < -0.39 is 30.6 Å². The number of alkyl halides is 6. The highest BCUT2D eigenvalue weighted by Crippen LogP contribution is 2.37. The molecule has 0 aromatic carbocycles. The molecule has 0 aliphatic heterocycles. The Hall–Kier alpha value is -1.09. The van der Waals surface area contributed by atoms with Gasteiger partial charge in [-0.05, 0) is 0 Å². The van der Waals surface area contributed by atoms with Gasteiger partial charge in [0, 0.05) is 0 Å². The largest absolute Gasteiger partial charge is 0.441 e. The summed E-state index contributed by atoms with van der Waals surface area (Å²) in [5.74, 6) is 0. The Morgan fingerprint density at radius 1 is 0.933 bits per heavy atom. The fraction of sp³-hybridized carbons (Fsp3) is 0.600. The lowest BCUT2D eigenvalue weighted by Gasteiger charge is -2.21. The molecule has 0 aliphatic carbocycles. The Morgan fingerprint density at radius 3 is 1.60 bits per heavy atom. The zero-order valence-electron chi connectivity index (χ0n) is 6.39. The predicted octanol–water partition coefficient (Wildman–Crippen LogP) is 3.53. The van der Waals surface area contributed by atoms with Gasteiger partial charge in [0.05, 0.1) is 0 Å². The molecular formula is C5HF9O. The van der Waals surface area contributed by atoms with Crippen LogP contribution in [0.4, 0.5) is 39.5 Å². The number of hydrogen-bond acceptors (Lipinski definition) is 1. The summed E-state index contributed by atoms with van der Waals surface area (Å²) in [6, 6.07) is -3.27. The predicted molar refractivity (Wildman–Crippen MR) is 27.3 cm³/mol. The molecule has 0 N–H and O–H groups in total. The fourth-order valence-electron chi connectivity index (χ4n) is 0.400. The molecule has 0 saturated carbocycles. The number of hydrogen-bond donors (Lipinski definition) is 0. The van der Waals surface area contributed by atoms with Gasteiger partial charge >= 0.3 is 24.4 Å². The first kappa shape index (κ1) is 13.9. The summed E-state index contributed by atoms with van der Waals surface area (Å²) >= 11 is 0. The Kier molecular flexibility index (Phi) is 3.88. The Bertz CT molecular complexity index is 250. The number of ether oxygens (including phenoxy) is 1. The van der Waals surface area contributed by atoms with E-state index >= 15 is 0 Å². The molecule has 0 radical (unpaired) electrons. The molecule has 1 nitrogen and oxygen atoms in total. The molecule has 0 rings (SSSR count). The van der Waals surface area contributed by atoms with Crippen molar-refractivity contribution in [3.8, 4) is 0 Å². The molecule has 0 aliphatic rings. The highest BCUT2D eigenvalue weighted by Gasteiger charge is 2.60. The van der Waals surface area contributed by atoms with Crippen molar-refractivity contribution in [3.05, 3.63) is 12.1 Å². The van der Waals surface area contributed by atoms with Crippen molar-refractivity contribution in [1.29, 1.82) is 0 Å². The van der Waals surface area contributed by atoms with Crippen molar-refractivity contribution in [2.75, 3.05) is 0 Å². The second-order valence-electron chi connectivity index (χ2n) is 2.10. The minimum absolute atomic E-state index is 2.22. The minimum atomic E-state index is -6.06. The Morgan fingerprint density at radius 2 is 1.33 bits per heavy atom. The second-order valence-corrected chi connectivity index (χ2v) is 2.10. The molecule has 1 unspecified atom stereocenters. The second kappa shape index (κ2) is 4.19. The fourth-order valence-corrected chi connectivity index (χ4v) is 0.400. The van der Waals surface area contributed by atoms with Crippen LogP contribution in [-0.4, -0.2) is 18.5 Å². The lowest BCUT2D eigenvalue weighted by molar-refractivity contribution is -0.329. The molecule has 0 aromatic rings. The monoisotopic (exact) mass is 248 g/mol. The van der Waals surface area contributed by atoms with Crippen LogP contribution >= 0.6 is 0 Å². The van der Waals surface area contributed by atoms with Gasteiger partial charge in [-0.15, -0.1) is 0 Å². The smallest absolute Gasteiger partial charge is 0.400 e. The molecule has 15 heavy (non-hydrogen) atoms. The van der Waals surface area contributed by atoms with Gasteiger partial charge in [0.25, 0.3) is 6.17 Å². The van der Waals surface area contributed by atoms with Crippen molar-refractivity contribution in [3.63, 3.8) is 0 Å². The first-order valence-electron chi connectivity index (χ1n) is 2.97. The van der Waals surface area contributed by atoms with Crippen molar-refractivity contribution < 1.29 is 44.3 Å². The molecule has 0 spiro atoms. The van der Waals surface area contributed by atoms with E-state index in [9.17, 15) is 39.5 Å². The number of rotatable bonds is 3. The number of halogens is 9. The van der Waals surface area contributed by atoms with Crippen LogP contribution in [0.3, 0.4) is 0 Å². The van der Waals surface area contributed by atoms with Gasteiger partial charge in [0.2, 0.25) is 0 Å². The molecule has 0 fully saturated rings. The topological polar surface area (TPSA) is 9.23 Å². The third kappa shape index (κ3) is 3.88. The first-order chi connectivity index (χ1) is 6.48. The van der Waals surface area contributed by atoms with E-state index in [0.717, 1.165) is 0 Å². The lowest BCUT2D eigenvalue weighted by atomic mass is 10.3. The Labute approximate surface area is 76.1 Å². The molecular weight excluding hydrogens is 247 g/mol. The quantitative estimate of drug-likeness (QED) is 0.548. The zero-order valence-corrected chi connectivity index (χ0v) is 6.39. The molecule has 0 amide bonds. The minimum Gasteiger partial charge on any atom is -0.400 e. The van der Waals surface area contributed by atoms with Gasteiger partial charge in [-0.2, -0.15) is 35.1 Å². The molecule has 0 saturated heterocycles. The summed E-state index contributed by atoms with van der Waals surface area (Å²) in [6.45, 7) is 0. The Balaban J connectivity index is 4.78. The standard InChI is InChI=1S/C5HF9O/c6-1(7)2(8)15-5(13,14)3(9)4(10,11)12/h3H. The van der Waals surface area contributed by atoms with Crippen molar-refractivity contribution in [1.82, 2.24) is 0 Å². The van der Waals surface area contributed by atoms with Gasteiger partial charge in [0.15, 0.2) is 0 Å². The van der Waals surface area contributed by atoms with Crippen LogP contribution in [0.1, 0.15) is 0 Å². The van der Waals surface area contributed by atoms with Crippen molar-refractivity contribution in [2.45, 2.75) is 18.5 Å².